The van der Waals surface area contributed by atoms with E-state index in [4.69, 9.17) is 4.42 Å². The summed E-state index contributed by atoms with van der Waals surface area (Å²) in [5.74, 6) is 0.670. The summed E-state index contributed by atoms with van der Waals surface area (Å²) in [5, 5.41) is 5.16. The molecule has 17 heavy (non-hydrogen) atoms. The minimum absolute atomic E-state index is 0.0375. The highest BCUT2D eigenvalue weighted by molar-refractivity contribution is 9.10. The first-order valence-electron chi connectivity index (χ1n) is 5.42. The Labute approximate surface area is 110 Å². The maximum Gasteiger partial charge on any atom is 0.204 e. The van der Waals surface area contributed by atoms with E-state index in [9.17, 15) is 4.79 Å². The molecule has 1 aliphatic rings. The molecule has 0 radical (unpaired) electrons. The number of fused-ring (bicyclic) bond motifs is 1. The van der Waals surface area contributed by atoms with E-state index in [-0.39, 0.29) is 5.43 Å². The molecule has 0 saturated carbocycles. The van der Waals surface area contributed by atoms with E-state index in [1.807, 2.05) is 5.38 Å². The zero-order valence-electron chi connectivity index (χ0n) is 9.03. The number of nitrogens with zero attached hydrogens (tertiary/aromatic N) is 1. The highest BCUT2D eigenvalue weighted by Gasteiger charge is 2.16. The molecule has 0 bridgehead atoms. The van der Waals surface area contributed by atoms with E-state index in [2.05, 4.69) is 26.1 Å². The fourth-order valence-corrected chi connectivity index (χ4v) is 3.40. The molecule has 0 spiro atoms. The van der Waals surface area contributed by atoms with Crippen LogP contribution in [0.25, 0.3) is 10.3 Å². The average molecular weight is 315 g/mol. The third kappa shape index (κ3) is 2.00. The standard InChI is InChI=1S/C11H11BrN2O2S/c12-7-6-17-11-8(15)5-9(16-10(7)11)14-3-1-13-2-4-14/h5-6,13H,1-4H2. The number of hydrogen-bond donors (Lipinski definition) is 1. The van der Waals surface area contributed by atoms with Crippen molar-refractivity contribution in [1.82, 2.24) is 5.32 Å². The first kappa shape index (κ1) is 11.3. The minimum atomic E-state index is 0.0375. The van der Waals surface area contributed by atoms with Crippen molar-refractivity contribution >= 4 is 43.4 Å². The lowest BCUT2D eigenvalue weighted by Gasteiger charge is -2.27. The summed E-state index contributed by atoms with van der Waals surface area (Å²) in [6, 6.07) is 1.59. The van der Waals surface area contributed by atoms with Gasteiger partial charge >= 0.3 is 0 Å². The Balaban J connectivity index is 2.10. The Kier molecular flexibility index (Phi) is 2.94. The molecule has 0 aliphatic carbocycles. The second-order valence-corrected chi connectivity index (χ2v) is 5.66. The fourth-order valence-electron chi connectivity index (χ4n) is 1.94. The molecule has 3 heterocycles. The van der Waals surface area contributed by atoms with Gasteiger partial charge in [-0.1, -0.05) is 0 Å². The average Bonchev–Trinajstić information content (AvgIpc) is 2.73. The van der Waals surface area contributed by atoms with Gasteiger partial charge in [0, 0.05) is 37.6 Å². The van der Waals surface area contributed by atoms with Crippen molar-refractivity contribution in [3.8, 4) is 0 Å². The number of rotatable bonds is 1. The lowest BCUT2D eigenvalue weighted by Crippen LogP contribution is -2.43. The van der Waals surface area contributed by atoms with Crippen LogP contribution < -0.4 is 15.6 Å². The van der Waals surface area contributed by atoms with Crippen molar-refractivity contribution in [2.45, 2.75) is 0 Å². The van der Waals surface area contributed by atoms with Gasteiger partial charge < -0.3 is 14.6 Å². The minimum Gasteiger partial charge on any atom is -0.438 e. The van der Waals surface area contributed by atoms with Gasteiger partial charge in [0.2, 0.25) is 5.43 Å². The smallest absolute Gasteiger partial charge is 0.204 e. The number of piperazine rings is 1. The molecule has 6 heteroatoms. The second kappa shape index (κ2) is 4.44. The van der Waals surface area contributed by atoms with E-state index in [0.717, 1.165) is 30.7 Å². The van der Waals surface area contributed by atoms with Crippen molar-refractivity contribution in [2.24, 2.45) is 0 Å². The van der Waals surface area contributed by atoms with Crippen LogP contribution in [0.2, 0.25) is 0 Å². The van der Waals surface area contributed by atoms with Crippen molar-refractivity contribution in [2.75, 3.05) is 31.1 Å². The molecule has 1 saturated heterocycles. The van der Waals surface area contributed by atoms with Gasteiger partial charge in [-0.25, -0.2) is 0 Å². The van der Waals surface area contributed by atoms with Gasteiger partial charge in [0.25, 0.3) is 0 Å². The van der Waals surface area contributed by atoms with Gasteiger partial charge in [-0.05, 0) is 15.9 Å². The topological polar surface area (TPSA) is 45.5 Å². The number of thiophene rings is 1. The molecule has 0 amide bonds. The summed E-state index contributed by atoms with van der Waals surface area (Å²) < 4.78 is 7.34. The molecule has 1 fully saturated rings. The third-order valence-electron chi connectivity index (χ3n) is 2.82. The zero-order valence-corrected chi connectivity index (χ0v) is 11.4. The molecule has 90 valence electrons. The number of anilines is 1. The summed E-state index contributed by atoms with van der Waals surface area (Å²) in [6.07, 6.45) is 0. The van der Waals surface area contributed by atoms with Crippen LogP contribution in [0.15, 0.2) is 25.1 Å². The van der Waals surface area contributed by atoms with Crippen molar-refractivity contribution in [3.05, 3.63) is 26.1 Å². The summed E-state index contributed by atoms with van der Waals surface area (Å²) in [6.45, 7) is 3.59. The third-order valence-corrected chi connectivity index (χ3v) is 4.68. The van der Waals surface area contributed by atoms with E-state index in [1.165, 1.54) is 11.3 Å². The Morgan fingerprint density at radius 1 is 1.41 bits per heavy atom. The van der Waals surface area contributed by atoms with Gasteiger partial charge in [0.15, 0.2) is 11.5 Å². The normalized spacial score (nSPS) is 16.6. The van der Waals surface area contributed by atoms with E-state index in [0.29, 0.717) is 16.2 Å². The Morgan fingerprint density at radius 3 is 2.94 bits per heavy atom. The first-order chi connectivity index (χ1) is 8.25. The maximum atomic E-state index is 11.9. The van der Waals surface area contributed by atoms with Crippen LogP contribution in [0.3, 0.4) is 0 Å². The summed E-state index contributed by atoms with van der Waals surface area (Å²) in [7, 11) is 0. The van der Waals surface area contributed by atoms with Gasteiger partial charge in [-0.2, -0.15) is 0 Å². The maximum absolute atomic E-state index is 11.9. The van der Waals surface area contributed by atoms with Gasteiger partial charge in [0.05, 0.1) is 4.47 Å². The predicted molar refractivity (Wildman–Crippen MR) is 73.1 cm³/mol. The Hall–Kier alpha value is -0.850. The molecular formula is C11H11BrN2O2S. The molecule has 4 nitrogen and oxygen atoms in total. The highest BCUT2D eigenvalue weighted by Crippen LogP contribution is 2.30. The SMILES string of the molecule is O=c1cc(N2CCNCC2)oc2c(Br)csc12. The molecule has 0 atom stereocenters. The molecule has 1 N–H and O–H groups in total. The summed E-state index contributed by atoms with van der Waals surface area (Å²) in [5.41, 5.74) is 0.700. The molecular weight excluding hydrogens is 304 g/mol. The Morgan fingerprint density at radius 2 is 2.18 bits per heavy atom. The Bertz CT molecular complexity index is 601. The monoisotopic (exact) mass is 314 g/mol. The van der Waals surface area contributed by atoms with Crippen LogP contribution in [0.1, 0.15) is 0 Å². The summed E-state index contributed by atoms with van der Waals surface area (Å²) in [4.78, 5) is 14.0. The molecule has 3 rings (SSSR count). The number of hydrogen-bond acceptors (Lipinski definition) is 5. The van der Waals surface area contributed by atoms with E-state index in [1.54, 1.807) is 6.07 Å². The molecule has 0 unspecified atom stereocenters. The van der Waals surface area contributed by atoms with Crippen LogP contribution in [-0.2, 0) is 0 Å². The second-order valence-electron chi connectivity index (χ2n) is 3.93. The van der Waals surface area contributed by atoms with Crippen LogP contribution in [0.5, 0.6) is 0 Å². The van der Waals surface area contributed by atoms with Crippen LogP contribution >= 0.6 is 27.3 Å². The van der Waals surface area contributed by atoms with Crippen LogP contribution in [0.4, 0.5) is 5.88 Å². The van der Waals surface area contributed by atoms with E-state index >= 15 is 0 Å². The van der Waals surface area contributed by atoms with Crippen molar-refractivity contribution in [1.29, 1.82) is 0 Å². The van der Waals surface area contributed by atoms with Gasteiger partial charge in [-0.3, -0.25) is 4.79 Å². The van der Waals surface area contributed by atoms with Crippen molar-refractivity contribution in [3.63, 3.8) is 0 Å². The largest absolute Gasteiger partial charge is 0.438 e. The molecule has 2 aromatic rings. The van der Waals surface area contributed by atoms with Crippen LogP contribution in [-0.4, -0.2) is 26.2 Å². The molecule has 0 aromatic carbocycles. The highest BCUT2D eigenvalue weighted by atomic mass is 79.9. The lowest BCUT2D eigenvalue weighted by molar-refractivity contribution is 0.521. The zero-order chi connectivity index (χ0) is 11.8. The summed E-state index contributed by atoms with van der Waals surface area (Å²) >= 11 is 4.82. The fraction of sp³-hybridized carbons (Fsp3) is 0.364. The first-order valence-corrected chi connectivity index (χ1v) is 7.09. The van der Waals surface area contributed by atoms with Crippen LogP contribution in [0, 0.1) is 0 Å². The predicted octanol–water partition coefficient (Wildman–Crippen LogP) is 2.03. The number of nitrogens with one attached hydrogen (secondary N) is 1. The van der Waals surface area contributed by atoms with E-state index < -0.39 is 0 Å². The van der Waals surface area contributed by atoms with Crippen molar-refractivity contribution < 1.29 is 4.42 Å². The number of halogens is 1. The lowest BCUT2D eigenvalue weighted by atomic mass is 10.3. The molecule has 2 aromatic heterocycles. The molecule has 1 aliphatic heterocycles. The van der Waals surface area contributed by atoms with Gasteiger partial charge in [0.1, 0.15) is 4.70 Å². The van der Waals surface area contributed by atoms with Gasteiger partial charge in [-0.15, -0.1) is 11.3 Å². The quantitative estimate of drug-likeness (QED) is 0.875.